The molecule has 2 rings (SSSR count). The molecule has 0 aromatic heterocycles. The van der Waals surface area contributed by atoms with Crippen LogP contribution in [0.1, 0.15) is 5.56 Å². The summed E-state index contributed by atoms with van der Waals surface area (Å²) in [4.78, 5) is 4.49. The predicted molar refractivity (Wildman–Crippen MR) is 73.2 cm³/mol. The van der Waals surface area contributed by atoms with Crippen molar-refractivity contribution in [1.82, 2.24) is 0 Å². The Morgan fingerprint density at radius 2 is 1.56 bits per heavy atom. The van der Waals surface area contributed by atoms with Gasteiger partial charge in [-0.3, -0.25) is 4.99 Å². The average molecular weight is 259 g/mol. The van der Waals surface area contributed by atoms with Gasteiger partial charge in [-0.25, -0.2) is 8.42 Å². The fourth-order valence-corrected chi connectivity index (χ4v) is 2.39. The maximum Gasteiger partial charge on any atom is 0.177 e. The molecule has 18 heavy (non-hydrogen) atoms. The Hall–Kier alpha value is -1.94. The van der Waals surface area contributed by atoms with E-state index in [1.165, 1.54) is 6.26 Å². The number of aliphatic imine (C=N–C) groups is 1. The molecule has 4 heteroatoms. The molecule has 0 atom stereocenters. The van der Waals surface area contributed by atoms with E-state index in [0.29, 0.717) is 5.69 Å². The molecule has 0 heterocycles. The van der Waals surface area contributed by atoms with Crippen molar-refractivity contribution in [3.05, 3.63) is 60.2 Å². The van der Waals surface area contributed by atoms with Crippen molar-refractivity contribution < 1.29 is 8.42 Å². The van der Waals surface area contributed by atoms with Crippen molar-refractivity contribution >= 4 is 21.7 Å². The third-order valence-electron chi connectivity index (χ3n) is 2.42. The Morgan fingerprint density at radius 3 is 2.22 bits per heavy atom. The van der Waals surface area contributed by atoms with E-state index in [-0.39, 0.29) is 4.90 Å². The number of benzene rings is 2. The Labute approximate surface area is 107 Å². The average Bonchev–Trinajstić information content (AvgIpc) is 2.37. The minimum atomic E-state index is -3.25. The van der Waals surface area contributed by atoms with E-state index in [2.05, 4.69) is 4.99 Å². The van der Waals surface area contributed by atoms with Crippen molar-refractivity contribution in [2.45, 2.75) is 4.90 Å². The second-order valence-electron chi connectivity index (χ2n) is 3.91. The Bertz CT molecular complexity index is 661. The molecule has 2 aromatic carbocycles. The summed E-state index contributed by atoms with van der Waals surface area (Å²) >= 11 is 0. The summed E-state index contributed by atoms with van der Waals surface area (Å²) in [6.07, 6.45) is 2.84. The van der Waals surface area contributed by atoms with Gasteiger partial charge in [0.15, 0.2) is 9.84 Å². The maximum absolute atomic E-state index is 11.6. The number of hydrogen-bond donors (Lipinski definition) is 0. The standard InChI is InChI=1S/C14H13NO2S/c1-18(16,17)14-10-6-5-9-13(14)15-11-12-7-3-2-4-8-12/h2-11H,1H3. The van der Waals surface area contributed by atoms with Crippen LogP contribution in [0.3, 0.4) is 0 Å². The summed E-state index contributed by atoms with van der Waals surface area (Å²) < 4.78 is 23.2. The molecule has 3 nitrogen and oxygen atoms in total. The summed E-state index contributed by atoms with van der Waals surface area (Å²) in [6.45, 7) is 0. The molecule has 0 unspecified atom stereocenters. The van der Waals surface area contributed by atoms with Crippen LogP contribution in [0.15, 0.2) is 64.5 Å². The molecule has 0 saturated carbocycles. The van der Waals surface area contributed by atoms with Crippen molar-refractivity contribution in [2.75, 3.05) is 6.26 Å². The van der Waals surface area contributed by atoms with Crippen LogP contribution in [-0.4, -0.2) is 20.9 Å². The van der Waals surface area contributed by atoms with Crippen LogP contribution in [0.25, 0.3) is 0 Å². The minimum Gasteiger partial charge on any atom is -0.255 e. The van der Waals surface area contributed by atoms with Gasteiger partial charge in [-0.15, -0.1) is 0 Å². The van der Waals surface area contributed by atoms with Gasteiger partial charge in [0, 0.05) is 12.5 Å². The van der Waals surface area contributed by atoms with E-state index >= 15 is 0 Å². The van der Waals surface area contributed by atoms with Crippen LogP contribution in [0.5, 0.6) is 0 Å². The minimum absolute atomic E-state index is 0.247. The van der Waals surface area contributed by atoms with Gasteiger partial charge in [0.05, 0.1) is 10.6 Å². The predicted octanol–water partition coefficient (Wildman–Crippen LogP) is 2.84. The lowest BCUT2D eigenvalue weighted by Crippen LogP contribution is -1.97. The SMILES string of the molecule is CS(=O)(=O)c1ccccc1N=Cc1ccccc1. The van der Waals surface area contributed by atoms with Crippen LogP contribution in [0.2, 0.25) is 0 Å². The molecule has 92 valence electrons. The third kappa shape index (κ3) is 3.05. The molecular weight excluding hydrogens is 246 g/mol. The van der Waals surface area contributed by atoms with Gasteiger partial charge in [0.25, 0.3) is 0 Å². The number of para-hydroxylation sites is 1. The second kappa shape index (κ2) is 5.14. The lowest BCUT2D eigenvalue weighted by Gasteiger charge is -2.02. The van der Waals surface area contributed by atoms with E-state index in [1.54, 1.807) is 30.5 Å². The number of sulfone groups is 1. The zero-order valence-electron chi connectivity index (χ0n) is 9.95. The highest BCUT2D eigenvalue weighted by Gasteiger charge is 2.11. The van der Waals surface area contributed by atoms with E-state index in [0.717, 1.165) is 5.56 Å². The number of rotatable bonds is 3. The van der Waals surface area contributed by atoms with E-state index in [1.807, 2.05) is 30.3 Å². The van der Waals surface area contributed by atoms with Crippen LogP contribution in [0, 0.1) is 0 Å². The smallest absolute Gasteiger partial charge is 0.177 e. The molecule has 0 aliphatic heterocycles. The first-order chi connectivity index (χ1) is 8.57. The summed E-state index contributed by atoms with van der Waals surface area (Å²) in [6, 6.07) is 16.3. The van der Waals surface area contributed by atoms with Gasteiger partial charge in [-0.1, -0.05) is 42.5 Å². The van der Waals surface area contributed by atoms with Gasteiger partial charge in [-0.2, -0.15) is 0 Å². The lowest BCUT2D eigenvalue weighted by molar-refractivity contribution is 0.602. The molecule has 2 aromatic rings. The Morgan fingerprint density at radius 1 is 0.944 bits per heavy atom. The molecule has 0 fully saturated rings. The Kier molecular flexibility index (Phi) is 3.58. The first-order valence-electron chi connectivity index (χ1n) is 5.45. The molecular formula is C14H13NO2S. The first kappa shape index (κ1) is 12.5. The molecule has 0 bridgehead atoms. The molecule has 0 spiro atoms. The van der Waals surface area contributed by atoms with E-state index in [4.69, 9.17) is 0 Å². The fraction of sp³-hybridized carbons (Fsp3) is 0.0714. The molecule has 0 N–H and O–H groups in total. The largest absolute Gasteiger partial charge is 0.255 e. The van der Waals surface area contributed by atoms with E-state index in [9.17, 15) is 8.42 Å². The molecule has 0 radical (unpaired) electrons. The highest BCUT2D eigenvalue weighted by Crippen LogP contribution is 2.23. The Balaban J connectivity index is 2.39. The highest BCUT2D eigenvalue weighted by atomic mass is 32.2. The third-order valence-corrected chi connectivity index (χ3v) is 3.56. The van der Waals surface area contributed by atoms with Gasteiger partial charge >= 0.3 is 0 Å². The zero-order chi connectivity index (χ0) is 13.0. The molecule has 0 amide bonds. The first-order valence-corrected chi connectivity index (χ1v) is 7.35. The highest BCUT2D eigenvalue weighted by molar-refractivity contribution is 7.90. The van der Waals surface area contributed by atoms with Crippen molar-refractivity contribution in [3.63, 3.8) is 0 Å². The lowest BCUT2D eigenvalue weighted by atomic mass is 10.2. The maximum atomic E-state index is 11.6. The molecule has 0 aliphatic carbocycles. The number of nitrogens with zero attached hydrogens (tertiary/aromatic N) is 1. The van der Waals surface area contributed by atoms with Crippen LogP contribution >= 0.6 is 0 Å². The summed E-state index contributed by atoms with van der Waals surface area (Å²) in [5.74, 6) is 0. The molecule has 0 aliphatic rings. The topological polar surface area (TPSA) is 46.5 Å². The summed E-state index contributed by atoms with van der Waals surface area (Å²) in [5, 5.41) is 0. The fourth-order valence-electron chi connectivity index (χ4n) is 1.56. The normalized spacial score (nSPS) is 11.8. The van der Waals surface area contributed by atoms with Crippen LogP contribution < -0.4 is 0 Å². The van der Waals surface area contributed by atoms with E-state index < -0.39 is 9.84 Å². The van der Waals surface area contributed by atoms with Crippen LogP contribution in [0.4, 0.5) is 5.69 Å². The van der Waals surface area contributed by atoms with Gasteiger partial charge in [0.2, 0.25) is 0 Å². The second-order valence-corrected chi connectivity index (χ2v) is 5.89. The van der Waals surface area contributed by atoms with Gasteiger partial charge in [-0.05, 0) is 17.7 Å². The van der Waals surface area contributed by atoms with Crippen molar-refractivity contribution in [3.8, 4) is 0 Å². The number of hydrogen-bond acceptors (Lipinski definition) is 3. The van der Waals surface area contributed by atoms with Gasteiger partial charge in [0.1, 0.15) is 0 Å². The quantitative estimate of drug-likeness (QED) is 0.796. The monoisotopic (exact) mass is 259 g/mol. The van der Waals surface area contributed by atoms with Crippen LogP contribution in [-0.2, 0) is 9.84 Å². The summed E-state index contributed by atoms with van der Waals surface area (Å²) in [5.41, 5.74) is 1.39. The van der Waals surface area contributed by atoms with Crippen molar-refractivity contribution in [2.24, 2.45) is 4.99 Å². The zero-order valence-corrected chi connectivity index (χ0v) is 10.8. The van der Waals surface area contributed by atoms with Crippen molar-refractivity contribution in [1.29, 1.82) is 0 Å². The molecule has 0 saturated heterocycles. The summed E-state index contributed by atoms with van der Waals surface area (Å²) in [7, 11) is -3.25. The van der Waals surface area contributed by atoms with Gasteiger partial charge < -0.3 is 0 Å².